The van der Waals surface area contributed by atoms with E-state index in [1.165, 1.54) is 12.0 Å². The summed E-state index contributed by atoms with van der Waals surface area (Å²) in [5, 5.41) is 19.8. The smallest absolute Gasteiger partial charge is 0.310 e. The summed E-state index contributed by atoms with van der Waals surface area (Å²) in [7, 11) is 4.33. The molecule has 0 atom stereocenters. The number of hydrogen-bond donors (Lipinski definition) is 2. The first-order chi connectivity index (χ1) is 9.33. The van der Waals surface area contributed by atoms with Crippen LogP contribution in [0.15, 0.2) is 6.07 Å². The molecule has 6 nitrogen and oxygen atoms in total. The topological polar surface area (TPSA) is 87.1 Å². The van der Waals surface area contributed by atoms with Gasteiger partial charge < -0.3 is 19.8 Å². The van der Waals surface area contributed by atoms with Gasteiger partial charge in [-0.25, -0.2) is 0 Å². The fourth-order valence-corrected chi connectivity index (χ4v) is 2.02. The molecular weight excluding hydrogens is 262 g/mol. The van der Waals surface area contributed by atoms with Gasteiger partial charge in [-0.3, -0.25) is 9.59 Å². The first-order valence-electron chi connectivity index (χ1n) is 6.18. The summed E-state index contributed by atoms with van der Waals surface area (Å²) in [5.41, 5.74) is 0.781. The maximum atomic E-state index is 12.2. The number of benzene rings is 1. The lowest BCUT2D eigenvalue weighted by Gasteiger charge is -2.18. The molecule has 0 fully saturated rings. The van der Waals surface area contributed by atoms with Crippen molar-refractivity contribution in [3.63, 3.8) is 0 Å². The van der Waals surface area contributed by atoms with Crippen molar-refractivity contribution in [2.45, 2.75) is 19.8 Å². The van der Waals surface area contributed by atoms with Crippen LogP contribution in [0.1, 0.15) is 28.4 Å². The molecule has 0 aromatic heterocycles. The van der Waals surface area contributed by atoms with E-state index in [4.69, 9.17) is 0 Å². The highest BCUT2D eigenvalue weighted by Gasteiger charge is 2.25. The molecule has 1 aromatic carbocycles. The Kier molecular flexibility index (Phi) is 4.96. The average molecular weight is 281 g/mol. The zero-order valence-electron chi connectivity index (χ0n) is 12.1. The van der Waals surface area contributed by atoms with Gasteiger partial charge in [-0.1, -0.05) is 6.92 Å². The summed E-state index contributed by atoms with van der Waals surface area (Å²) < 4.78 is 4.60. The van der Waals surface area contributed by atoms with E-state index in [-0.39, 0.29) is 23.5 Å². The molecule has 1 aromatic rings. The maximum Gasteiger partial charge on any atom is 0.310 e. The molecule has 0 radical (unpaired) electrons. The predicted molar refractivity (Wildman–Crippen MR) is 72.9 cm³/mol. The minimum absolute atomic E-state index is 0.0232. The molecule has 0 unspecified atom stereocenters. The average Bonchev–Trinajstić information content (AvgIpc) is 2.37. The van der Waals surface area contributed by atoms with Gasteiger partial charge in [-0.15, -0.1) is 0 Å². The van der Waals surface area contributed by atoms with E-state index in [0.717, 1.165) is 6.07 Å². The Morgan fingerprint density at radius 3 is 2.25 bits per heavy atom. The number of rotatable bonds is 4. The molecule has 1 amide bonds. The summed E-state index contributed by atoms with van der Waals surface area (Å²) in [6, 6.07) is 1.12. The molecule has 2 N–H and O–H groups in total. The third-order valence-electron chi connectivity index (χ3n) is 3.03. The Bertz CT molecular complexity index is 537. The first-order valence-corrected chi connectivity index (χ1v) is 6.18. The number of aromatic hydroxyl groups is 2. The zero-order chi connectivity index (χ0) is 15.4. The fourth-order valence-electron chi connectivity index (χ4n) is 2.02. The quantitative estimate of drug-likeness (QED) is 0.806. The second-order valence-electron chi connectivity index (χ2n) is 4.55. The molecule has 0 aliphatic heterocycles. The molecular formula is C14H19NO5. The zero-order valence-corrected chi connectivity index (χ0v) is 12.1. The molecule has 0 saturated carbocycles. The van der Waals surface area contributed by atoms with Crippen LogP contribution in [0.4, 0.5) is 0 Å². The van der Waals surface area contributed by atoms with Crippen molar-refractivity contribution in [1.82, 2.24) is 4.90 Å². The highest BCUT2D eigenvalue weighted by molar-refractivity contribution is 5.99. The number of carbonyl (C=O) groups excluding carboxylic acids is 2. The standard InChI is InChI=1S/C14H19NO5/c1-5-8-9(6-12(18)20-4)13(14(19)15(2)3)11(17)7-10(8)16/h7,16-17H,5-6H2,1-4H3. The van der Waals surface area contributed by atoms with Crippen molar-refractivity contribution in [2.24, 2.45) is 0 Å². The van der Waals surface area contributed by atoms with Gasteiger partial charge in [-0.2, -0.15) is 0 Å². The Labute approximate surface area is 117 Å². The molecule has 0 aliphatic carbocycles. The summed E-state index contributed by atoms with van der Waals surface area (Å²) in [5.74, 6) is -1.47. The summed E-state index contributed by atoms with van der Waals surface area (Å²) in [6.45, 7) is 1.79. The van der Waals surface area contributed by atoms with Crippen LogP contribution >= 0.6 is 0 Å². The van der Waals surface area contributed by atoms with E-state index in [1.54, 1.807) is 21.0 Å². The van der Waals surface area contributed by atoms with Gasteiger partial charge in [0.15, 0.2) is 0 Å². The van der Waals surface area contributed by atoms with E-state index in [0.29, 0.717) is 17.5 Å². The van der Waals surface area contributed by atoms with Crippen molar-refractivity contribution in [3.05, 3.63) is 22.8 Å². The van der Waals surface area contributed by atoms with Gasteiger partial charge in [0, 0.05) is 20.2 Å². The minimum Gasteiger partial charge on any atom is -0.508 e. The second kappa shape index (κ2) is 6.27. The summed E-state index contributed by atoms with van der Waals surface area (Å²) in [4.78, 5) is 25.0. The third kappa shape index (κ3) is 3.01. The van der Waals surface area contributed by atoms with Crippen LogP contribution in [-0.4, -0.2) is 48.2 Å². The van der Waals surface area contributed by atoms with Crippen LogP contribution in [-0.2, 0) is 22.4 Å². The van der Waals surface area contributed by atoms with Gasteiger partial charge in [0.2, 0.25) is 0 Å². The monoisotopic (exact) mass is 281 g/mol. The highest BCUT2D eigenvalue weighted by atomic mass is 16.5. The molecule has 6 heteroatoms. The Morgan fingerprint density at radius 1 is 1.20 bits per heavy atom. The number of nitrogens with zero attached hydrogens (tertiary/aromatic N) is 1. The molecule has 1 rings (SSSR count). The molecule has 20 heavy (non-hydrogen) atoms. The highest BCUT2D eigenvalue weighted by Crippen LogP contribution is 2.34. The summed E-state index contributed by atoms with van der Waals surface area (Å²) >= 11 is 0. The number of ether oxygens (including phenoxy) is 1. The normalized spacial score (nSPS) is 10.2. The minimum atomic E-state index is -0.544. The van der Waals surface area contributed by atoms with E-state index in [9.17, 15) is 19.8 Å². The molecule has 0 spiro atoms. The van der Waals surface area contributed by atoms with Crippen molar-refractivity contribution in [1.29, 1.82) is 0 Å². The second-order valence-corrected chi connectivity index (χ2v) is 4.55. The number of carbonyl (C=O) groups is 2. The van der Waals surface area contributed by atoms with E-state index in [1.807, 2.05) is 0 Å². The van der Waals surface area contributed by atoms with Crippen LogP contribution in [0, 0.1) is 0 Å². The lowest BCUT2D eigenvalue weighted by atomic mass is 9.94. The van der Waals surface area contributed by atoms with E-state index in [2.05, 4.69) is 4.74 Å². The van der Waals surface area contributed by atoms with Gasteiger partial charge in [-0.05, 0) is 17.5 Å². The van der Waals surface area contributed by atoms with Crippen LogP contribution < -0.4 is 0 Å². The van der Waals surface area contributed by atoms with Crippen molar-refractivity contribution < 1.29 is 24.5 Å². The fraction of sp³-hybridized carbons (Fsp3) is 0.429. The van der Waals surface area contributed by atoms with Gasteiger partial charge in [0.25, 0.3) is 5.91 Å². The predicted octanol–water partition coefficient (Wildman–Crippen LogP) is 1.08. The largest absolute Gasteiger partial charge is 0.508 e. The Balaban J connectivity index is 3.54. The number of hydrogen-bond acceptors (Lipinski definition) is 5. The number of phenols is 2. The molecule has 0 aliphatic rings. The molecule has 0 heterocycles. The van der Waals surface area contributed by atoms with Gasteiger partial charge >= 0.3 is 5.97 Å². The van der Waals surface area contributed by atoms with Crippen LogP contribution in [0.25, 0.3) is 0 Å². The van der Waals surface area contributed by atoms with E-state index < -0.39 is 11.9 Å². The van der Waals surface area contributed by atoms with Crippen LogP contribution in [0.2, 0.25) is 0 Å². The number of amides is 1. The van der Waals surface area contributed by atoms with Crippen LogP contribution in [0.3, 0.4) is 0 Å². The SMILES string of the molecule is CCc1c(O)cc(O)c(C(=O)N(C)C)c1CC(=O)OC. The molecule has 110 valence electrons. The number of esters is 1. The van der Waals surface area contributed by atoms with E-state index >= 15 is 0 Å². The van der Waals surface area contributed by atoms with Crippen molar-refractivity contribution >= 4 is 11.9 Å². The maximum absolute atomic E-state index is 12.2. The lowest BCUT2D eigenvalue weighted by Crippen LogP contribution is -2.24. The Hall–Kier alpha value is -2.24. The molecule has 0 bridgehead atoms. The van der Waals surface area contributed by atoms with Crippen molar-refractivity contribution in [2.75, 3.05) is 21.2 Å². The van der Waals surface area contributed by atoms with Gasteiger partial charge in [0.05, 0.1) is 19.1 Å². The third-order valence-corrected chi connectivity index (χ3v) is 3.03. The number of phenolic OH excluding ortho intramolecular Hbond substituents is 2. The molecule has 0 saturated heterocycles. The van der Waals surface area contributed by atoms with Gasteiger partial charge in [0.1, 0.15) is 11.5 Å². The summed E-state index contributed by atoms with van der Waals surface area (Å²) in [6.07, 6.45) is 0.239. The Morgan fingerprint density at radius 2 is 1.80 bits per heavy atom. The van der Waals surface area contributed by atoms with Crippen molar-refractivity contribution in [3.8, 4) is 11.5 Å². The number of methoxy groups -OCH3 is 1. The first kappa shape index (κ1) is 15.8. The lowest BCUT2D eigenvalue weighted by molar-refractivity contribution is -0.139. The van der Waals surface area contributed by atoms with Crippen LogP contribution in [0.5, 0.6) is 11.5 Å².